The van der Waals surface area contributed by atoms with Crippen LogP contribution in [0, 0.1) is 6.92 Å². The first-order valence-corrected chi connectivity index (χ1v) is 11.0. The first kappa shape index (κ1) is 21.1. The lowest BCUT2D eigenvalue weighted by atomic mass is 10.2. The summed E-state index contributed by atoms with van der Waals surface area (Å²) in [4.78, 5) is 26.9. The van der Waals surface area contributed by atoms with E-state index < -0.39 is 5.25 Å². The van der Waals surface area contributed by atoms with Gasteiger partial charge in [-0.05, 0) is 61.0 Å². The molecule has 2 amide bonds. The molecule has 156 valence electrons. The van der Waals surface area contributed by atoms with Gasteiger partial charge < -0.3 is 10.1 Å². The van der Waals surface area contributed by atoms with E-state index in [9.17, 15) is 9.59 Å². The van der Waals surface area contributed by atoms with Gasteiger partial charge in [0.05, 0.1) is 5.69 Å². The average molecular weight is 449 g/mol. The van der Waals surface area contributed by atoms with E-state index in [2.05, 4.69) is 5.32 Å². The minimum Gasteiger partial charge on any atom is -0.457 e. The van der Waals surface area contributed by atoms with Crippen LogP contribution in [0.1, 0.15) is 12.0 Å². The summed E-state index contributed by atoms with van der Waals surface area (Å²) in [6.07, 6.45) is 0.0498. The highest BCUT2D eigenvalue weighted by molar-refractivity contribution is 8.25. The molecule has 7 heteroatoms. The molecule has 0 spiro atoms. The molecule has 0 aliphatic carbocycles. The number of hydrogen-bond donors (Lipinski definition) is 1. The molecular weight excluding hydrogens is 428 g/mol. The van der Waals surface area contributed by atoms with E-state index in [1.165, 1.54) is 16.7 Å². The molecule has 0 bridgehead atoms. The summed E-state index contributed by atoms with van der Waals surface area (Å²) in [5.41, 5.74) is 2.41. The van der Waals surface area contributed by atoms with Gasteiger partial charge in [-0.15, -0.1) is 0 Å². The van der Waals surface area contributed by atoms with E-state index >= 15 is 0 Å². The van der Waals surface area contributed by atoms with Crippen LogP contribution in [-0.2, 0) is 9.59 Å². The number of thiocarbonyl (C=S) groups is 1. The molecule has 1 aliphatic heterocycles. The topological polar surface area (TPSA) is 58.6 Å². The van der Waals surface area contributed by atoms with Crippen LogP contribution in [0.4, 0.5) is 11.4 Å². The first-order valence-electron chi connectivity index (χ1n) is 9.74. The predicted molar refractivity (Wildman–Crippen MR) is 129 cm³/mol. The highest BCUT2D eigenvalue weighted by Gasteiger charge is 2.39. The van der Waals surface area contributed by atoms with Crippen LogP contribution >= 0.6 is 24.0 Å². The zero-order valence-corrected chi connectivity index (χ0v) is 18.4. The standard InChI is InChI=1S/C24H20N2O3S2/c1-16-6-5-7-18(14-16)26-23(28)21(31-24(26)30)15-22(27)25-17-10-12-20(13-11-17)29-19-8-3-2-4-9-19/h2-14,21H,15H2,1H3,(H,25,27). The zero-order valence-electron chi connectivity index (χ0n) is 16.8. The number of thioether (sulfide) groups is 1. The second kappa shape index (κ2) is 9.32. The highest BCUT2D eigenvalue weighted by Crippen LogP contribution is 2.34. The highest BCUT2D eigenvalue weighted by atomic mass is 32.2. The summed E-state index contributed by atoms with van der Waals surface area (Å²) in [6.45, 7) is 1.96. The number of nitrogens with one attached hydrogen (secondary N) is 1. The number of anilines is 2. The third-order valence-corrected chi connectivity index (χ3v) is 6.18. The van der Waals surface area contributed by atoms with Gasteiger partial charge in [0.15, 0.2) is 0 Å². The minimum absolute atomic E-state index is 0.0498. The van der Waals surface area contributed by atoms with E-state index in [1.807, 2.05) is 61.5 Å². The van der Waals surface area contributed by atoms with Crippen molar-refractivity contribution in [2.45, 2.75) is 18.6 Å². The van der Waals surface area contributed by atoms with E-state index in [0.717, 1.165) is 17.0 Å². The van der Waals surface area contributed by atoms with Crippen LogP contribution in [0.2, 0.25) is 0 Å². The van der Waals surface area contributed by atoms with Crippen molar-refractivity contribution in [2.24, 2.45) is 0 Å². The molecule has 0 aromatic heterocycles. The van der Waals surface area contributed by atoms with Crippen molar-refractivity contribution in [3.05, 3.63) is 84.4 Å². The second-order valence-corrected chi connectivity index (χ2v) is 8.91. The maximum atomic E-state index is 12.9. The number of benzene rings is 3. The molecule has 1 unspecified atom stereocenters. The Labute approximate surface area is 190 Å². The molecule has 4 rings (SSSR count). The molecule has 1 N–H and O–H groups in total. The molecule has 1 atom stereocenters. The molecule has 1 aliphatic rings. The van der Waals surface area contributed by atoms with E-state index in [-0.39, 0.29) is 18.2 Å². The van der Waals surface area contributed by atoms with Gasteiger partial charge in [-0.25, -0.2) is 0 Å². The number of nitrogens with zero attached hydrogens (tertiary/aromatic N) is 1. The van der Waals surface area contributed by atoms with Gasteiger partial charge in [0, 0.05) is 12.1 Å². The van der Waals surface area contributed by atoms with Gasteiger partial charge in [0.25, 0.3) is 0 Å². The Balaban J connectivity index is 1.35. The molecule has 5 nitrogen and oxygen atoms in total. The molecule has 3 aromatic carbocycles. The molecule has 1 saturated heterocycles. The Hall–Kier alpha value is -3.16. The summed E-state index contributed by atoms with van der Waals surface area (Å²) in [5.74, 6) is 1.01. The van der Waals surface area contributed by atoms with Crippen molar-refractivity contribution in [1.29, 1.82) is 0 Å². The number of hydrogen-bond acceptors (Lipinski definition) is 5. The summed E-state index contributed by atoms with van der Waals surface area (Å²) in [5, 5.41) is 2.30. The van der Waals surface area contributed by atoms with Gasteiger partial charge in [-0.2, -0.15) is 0 Å². The Morgan fingerprint density at radius 2 is 1.74 bits per heavy atom. The second-order valence-electron chi connectivity index (χ2n) is 7.08. The van der Waals surface area contributed by atoms with Crippen LogP contribution < -0.4 is 15.0 Å². The molecule has 0 radical (unpaired) electrons. The summed E-state index contributed by atoms with van der Waals surface area (Å²) >= 11 is 6.64. The quantitative estimate of drug-likeness (QED) is 0.501. The van der Waals surface area contributed by atoms with Crippen LogP contribution in [-0.4, -0.2) is 21.4 Å². The largest absolute Gasteiger partial charge is 0.457 e. The maximum absolute atomic E-state index is 12.9. The maximum Gasteiger partial charge on any atom is 0.246 e. The van der Waals surface area contributed by atoms with Gasteiger partial charge in [0.1, 0.15) is 21.1 Å². The van der Waals surface area contributed by atoms with Crippen molar-refractivity contribution in [1.82, 2.24) is 0 Å². The zero-order chi connectivity index (χ0) is 21.8. The van der Waals surface area contributed by atoms with Crippen LogP contribution in [0.25, 0.3) is 0 Å². The third-order valence-electron chi connectivity index (χ3n) is 4.67. The van der Waals surface area contributed by atoms with E-state index in [1.54, 1.807) is 24.3 Å². The molecule has 3 aromatic rings. The fourth-order valence-electron chi connectivity index (χ4n) is 3.20. The van der Waals surface area contributed by atoms with Crippen molar-refractivity contribution in [2.75, 3.05) is 10.2 Å². The average Bonchev–Trinajstić information content (AvgIpc) is 3.03. The summed E-state index contributed by atoms with van der Waals surface area (Å²) in [6, 6.07) is 24.2. The number of ether oxygens (including phenoxy) is 1. The number of para-hydroxylation sites is 1. The lowest BCUT2D eigenvalue weighted by molar-refractivity contribution is -0.121. The lowest BCUT2D eigenvalue weighted by Gasteiger charge is -2.16. The number of amides is 2. The Morgan fingerprint density at radius 3 is 2.45 bits per heavy atom. The Morgan fingerprint density at radius 1 is 1.03 bits per heavy atom. The fraction of sp³-hybridized carbons (Fsp3) is 0.125. The SMILES string of the molecule is Cc1cccc(N2C(=O)C(CC(=O)Nc3ccc(Oc4ccccc4)cc3)SC2=S)c1. The summed E-state index contributed by atoms with van der Waals surface area (Å²) < 4.78 is 6.22. The minimum atomic E-state index is -0.534. The van der Waals surface area contributed by atoms with Crippen molar-refractivity contribution in [3.8, 4) is 11.5 Å². The monoisotopic (exact) mass is 448 g/mol. The molecule has 1 heterocycles. The molecule has 0 saturated carbocycles. The number of rotatable bonds is 6. The lowest BCUT2D eigenvalue weighted by Crippen LogP contribution is -2.32. The summed E-state index contributed by atoms with van der Waals surface area (Å²) in [7, 11) is 0. The van der Waals surface area contributed by atoms with Crippen LogP contribution in [0.15, 0.2) is 78.9 Å². The third kappa shape index (κ3) is 5.13. The molecular formula is C24H20N2O3S2. The van der Waals surface area contributed by atoms with Gasteiger partial charge in [-0.3, -0.25) is 14.5 Å². The van der Waals surface area contributed by atoms with Gasteiger partial charge in [0.2, 0.25) is 11.8 Å². The molecule has 31 heavy (non-hydrogen) atoms. The smallest absolute Gasteiger partial charge is 0.246 e. The van der Waals surface area contributed by atoms with Crippen molar-refractivity contribution >= 4 is 51.5 Å². The number of carbonyl (C=O) groups is 2. The first-order chi connectivity index (χ1) is 15.0. The predicted octanol–water partition coefficient (Wildman–Crippen LogP) is 5.55. The van der Waals surface area contributed by atoms with Crippen LogP contribution in [0.3, 0.4) is 0 Å². The normalized spacial score (nSPS) is 15.8. The Kier molecular flexibility index (Phi) is 6.34. The number of carbonyl (C=O) groups excluding carboxylic acids is 2. The van der Waals surface area contributed by atoms with Gasteiger partial charge >= 0.3 is 0 Å². The van der Waals surface area contributed by atoms with E-state index in [4.69, 9.17) is 17.0 Å². The fourth-order valence-corrected chi connectivity index (χ4v) is 4.73. The van der Waals surface area contributed by atoms with E-state index in [0.29, 0.717) is 15.8 Å². The van der Waals surface area contributed by atoms with Crippen molar-refractivity contribution in [3.63, 3.8) is 0 Å². The van der Waals surface area contributed by atoms with Gasteiger partial charge in [-0.1, -0.05) is 54.3 Å². The van der Waals surface area contributed by atoms with Crippen LogP contribution in [0.5, 0.6) is 11.5 Å². The van der Waals surface area contributed by atoms with Crippen molar-refractivity contribution < 1.29 is 14.3 Å². The molecule has 1 fully saturated rings. The number of aryl methyl sites for hydroxylation is 1. The Bertz CT molecular complexity index is 1120.